The highest BCUT2D eigenvalue weighted by Gasteiger charge is 2.48. The van der Waals surface area contributed by atoms with E-state index in [0.29, 0.717) is 54.3 Å². The molecule has 1 aromatic carbocycles. The third-order valence-electron chi connectivity index (χ3n) is 9.70. The number of fused-ring (bicyclic) bond motifs is 9. The van der Waals surface area contributed by atoms with Gasteiger partial charge in [-0.25, -0.2) is 9.67 Å². The first-order valence-corrected chi connectivity index (χ1v) is 15.1. The Balaban J connectivity index is 1.30. The molecule has 5 bridgehead atoms. The van der Waals surface area contributed by atoms with E-state index < -0.39 is 0 Å². The number of hydrogen-bond acceptors (Lipinski definition) is 8. The number of ether oxygens (including phenoxy) is 2. The SMILES string of the molecule is Cn1ncc2c1OCCN1CC3CCC(C3)(C1)n1c(nc3ccc(N4CCOCC4)cc31)NC(=O)c1cc-2c(=O)n(C)c1. The number of hydrogen-bond donors (Lipinski definition) is 1. The quantitative estimate of drug-likeness (QED) is 0.363. The van der Waals surface area contributed by atoms with E-state index in [4.69, 9.17) is 14.5 Å². The number of carbonyl (C=O) groups excluding carboxylic acids is 1. The number of imidazole rings is 1. The van der Waals surface area contributed by atoms with E-state index in [1.165, 1.54) is 4.57 Å². The first-order chi connectivity index (χ1) is 20.9. The van der Waals surface area contributed by atoms with Crippen LogP contribution in [0.3, 0.4) is 0 Å². The van der Waals surface area contributed by atoms with Crippen molar-refractivity contribution in [3.05, 3.63) is 52.6 Å². The highest BCUT2D eigenvalue weighted by Crippen LogP contribution is 2.48. The monoisotopic (exact) mass is 584 g/mol. The zero-order chi connectivity index (χ0) is 29.3. The molecule has 12 nitrogen and oxygen atoms in total. The zero-order valence-corrected chi connectivity index (χ0v) is 24.6. The van der Waals surface area contributed by atoms with Crippen LogP contribution in [0.15, 0.2) is 41.5 Å². The maximum absolute atomic E-state index is 14.0. The van der Waals surface area contributed by atoms with Gasteiger partial charge in [0, 0.05) is 58.7 Å². The van der Waals surface area contributed by atoms with Gasteiger partial charge in [0.2, 0.25) is 11.8 Å². The molecule has 6 heterocycles. The fourth-order valence-electron chi connectivity index (χ4n) is 7.71. The number of pyridine rings is 1. The smallest absolute Gasteiger partial charge is 0.259 e. The molecule has 3 aromatic heterocycles. The lowest BCUT2D eigenvalue weighted by Crippen LogP contribution is -2.50. The summed E-state index contributed by atoms with van der Waals surface area (Å²) in [6, 6.07) is 8.05. The summed E-state index contributed by atoms with van der Waals surface area (Å²) in [5, 5.41) is 7.56. The number of aryl methyl sites for hydroxylation is 2. The molecule has 4 aliphatic rings. The van der Waals surface area contributed by atoms with Crippen molar-refractivity contribution in [1.29, 1.82) is 0 Å². The molecule has 8 rings (SSSR count). The number of benzene rings is 1. The number of nitrogens with one attached hydrogen (secondary N) is 1. The van der Waals surface area contributed by atoms with E-state index in [1.54, 1.807) is 37.2 Å². The van der Waals surface area contributed by atoms with E-state index in [1.807, 2.05) is 0 Å². The number of anilines is 2. The Morgan fingerprint density at radius 2 is 1.91 bits per heavy atom. The molecule has 1 amide bonds. The Kier molecular flexibility index (Phi) is 6.12. The molecular formula is C31H36N8O4. The van der Waals surface area contributed by atoms with Crippen LogP contribution in [0, 0.1) is 5.92 Å². The van der Waals surface area contributed by atoms with Gasteiger partial charge in [-0.15, -0.1) is 0 Å². The average Bonchev–Trinajstić information content (AvgIpc) is 3.66. The number of piperidine rings is 1. The van der Waals surface area contributed by atoms with Crippen molar-refractivity contribution in [2.75, 3.05) is 62.8 Å². The lowest BCUT2D eigenvalue weighted by Gasteiger charge is -2.42. The first kappa shape index (κ1) is 26.5. The van der Waals surface area contributed by atoms with Crippen LogP contribution in [0.25, 0.3) is 22.2 Å². The highest BCUT2D eigenvalue weighted by molar-refractivity contribution is 6.04. The molecule has 1 N–H and O–H groups in total. The molecule has 0 radical (unpaired) electrons. The molecule has 12 heteroatoms. The van der Waals surface area contributed by atoms with Crippen molar-refractivity contribution >= 4 is 28.6 Å². The Morgan fingerprint density at radius 1 is 1.05 bits per heavy atom. The second-order valence-corrected chi connectivity index (χ2v) is 12.5. The molecule has 3 atom stereocenters. The van der Waals surface area contributed by atoms with Gasteiger partial charge in [-0.2, -0.15) is 5.10 Å². The zero-order valence-electron chi connectivity index (χ0n) is 24.6. The summed E-state index contributed by atoms with van der Waals surface area (Å²) < 4.78 is 17.3. The van der Waals surface area contributed by atoms with Gasteiger partial charge in [0.1, 0.15) is 6.61 Å². The van der Waals surface area contributed by atoms with Crippen LogP contribution >= 0.6 is 0 Å². The topological polar surface area (TPSA) is 112 Å². The summed E-state index contributed by atoms with van der Waals surface area (Å²) in [6.45, 7) is 6.17. The summed E-state index contributed by atoms with van der Waals surface area (Å²) in [7, 11) is 3.46. The average molecular weight is 585 g/mol. The van der Waals surface area contributed by atoms with E-state index in [9.17, 15) is 9.59 Å². The van der Waals surface area contributed by atoms with Gasteiger partial charge in [-0.05, 0) is 49.4 Å². The van der Waals surface area contributed by atoms with E-state index in [0.717, 1.165) is 68.7 Å². The second kappa shape index (κ2) is 9.95. The van der Waals surface area contributed by atoms with Gasteiger partial charge < -0.3 is 23.5 Å². The Hall–Kier alpha value is -4.16. The van der Waals surface area contributed by atoms with Crippen LogP contribution in [0.2, 0.25) is 0 Å². The number of morpholine rings is 1. The van der Waals surface area contributed by atoms with E-state index in [-0.39, 0.29) is 17.0 Å². The molecule has 1 spiro atoms. The predicted molar refractivity (Wildman–Crippen MR) is 162 cm³/mol. The number of aromatic nitrogens is 5. The van der Waals surface area contributed by atoms with Crippen molar-refractivity contribution in [2.24, 2.45) is 20.0 Å². The number of amides is 1. The van der Waals surface area contributed by atoms with Crippen LogP contribution in [0.1, 0.15) is 29.6 Å². The third-order valence-corrected chi connectivity index (χ3v) is 9.70. The van der Waals surface area contributed by atoms with Crippen molar-refractivity contribution in [1.82, 2.24) is 28.8 Å². The fraction of sp³-hybridized carbons (Fsp3) is 0.484. The number of carbonyl (C=O) groups is 1. The van der Waals surface area contributed by atoms with Gasteiger partial charge in [0.15, 0.2) is 0 Å². The van der Waals surface area contributed by atoms with Crippen LogP contribution in [-0.2, 0) is 24.4 Å². The minimum Gasteiger partial charge on any atom is -0.476 e. The van der Waals surface area contributed by atoms with E-state index >= 15 is 0 Å². The van der Waals surface area contributed by atoms with Crippen molar-refractivity contribution in [3.63, 3.8) is 0 Å². The Labute approximate surface area is 248 Å². The predicted octanol–water partition coefficient (Wildman–Crippen LogP) is 2.43. The highest BCUT2D eigenvalue weighted by atomic mass is 16.5. The van der Waals surface area contributed by atoms with Crippen LogP contribution in [0.4, 0.5) is 11.6 Å². The number of nitrogens with zero attached hydrogens (tertiary/aromatic N) is 7. The van der Waals surface area contributed by atoms with E-state index in [2.05, 4.69) is 43.0 Å². The molecule has 224 valence electrons. The van der Waals surface area contributed by atoms with Crippen molar-refractivity contribution in [3.8, 4) is 17.0 Å². The normalized spacial score (nSPS) is 25.3. The lowest BCUT2D eigenvalue weighted by molar-refractivity contribution is 0.0902. The largest absolute Gasteiger partial charge is 0.476 e. The van der Waals surface area contributed by atoms with Crippen molar-refractivity contribution in [2.45, 2.75) is 24.8 Å². The molecule has 1 aliphatic carbocycles. The molecule has 4 aromatic rings. The van der Waals surface area contributed by atoms with Crippen LogP contribution < -0.4 is 20.5 Å². The summed E-state index contributed by atoms with van der Waals surface area (Å²) in [5.74, 6) is 1.30. The summed E-state index contributed by atoms with van der Waals surface area (Å²) in [6.07, 6.45) is 6.39. The Morgan fingerprint density at radius 3 is 2.77 bits per heavy atom. The molecule has 2 saturated heterocycles. The maximum Gasteiger partial charge on any atom is 0.259 e. The molecule has 3 aliphatic heterocycles. The summed E-state index contributed by atoms with van der Waals surface area (Å²) >= 11 is 0. The first-order valence-electron chi connectivity index (χ1n) is 15.1. The molecule has 3 unspecified atom stereocenters. The summed E-state index contributed by atoms with van der Waals surface area (Å²) in [5.41, 5.74) is 3.89. The van der Waals surface area contributed by atoms with Gasteiger partial charge in [-0.1, -0.05) is 0 Å². The minimum atomic E-state index is -0.318. The minimum absolute atomic E-state index is 0.212. The van der Waals surface area contributed by atoms with Crippen molar-refractivity contribution < 1.29 is 14.3 Å². The Bertz CT molecular complexity index is 1800. The molecular weight excluding hydrogens is 548 g/mol. The number of rotatable bonds is 1. The molecule has 43 heavy (non-hydrogen) atoms. The standard InChI is InChI=1S/C31H36N8O4/c1-35-18-21-13-23(28(35)41)24-16-32-36(2)29(24)43-12-7-37-17-20-5-6-31(15-20,19-37)39-26-14-22(38-8-10-42-11-9-38)3-4-25(26)33-30(39)34-27(21)40/h3-4,13-14,16,18,20H,5-12,15,17,19H2,1-2H3,(H,33,34,40). The maximum atomic E-state index is 14.0. The lowest BCUT2D eigenvalue weighted by atomic mass is 9.90. The molecule has 3 fully saturated rings. The van der Waals surface area contributed by atoms with Crippen LogP contribution in [-0.4, -0.2) is 87.3 Å². The second-order valence-electron chi connectivity index (χ2n) is 12.5. The van der Waals surface area contributed by atoms with Gasteiger partial charge in [0.05, 0.1) is 52.7 Å². The fourth-order valence-corrected chi connectivity index (χ4v) is 7.71. The van der Waals surface area contributed by atoms with Crippen LogP contribution in [0.5, 0.6) is 5.88 Å². The third kappa shape index (κ3) is 4.34. The summed E-state index contributed by atoms with van der Waals surface area (Å²) in [4.78, 5) is 37.1. The van der Waals surface area contributed by atoms with Gasteiger partial charge in [0.25, 0.3) is 11.5 Å². The molecule has 1 saturated carbocycles. The van der Waals surface area contributed by atoms with Gasteiger partial charge in [-0.3, -0.25) is 19.8 Å². The van der Waals surface area contributed by atoms with Gasteiger partial charge >= 0.3 is 0 Å².